The highest BCUT2D eigenvalue weighted by molar-refractivity contribution is 5.87. The molecule has 0 bridgehead atoms. The summed E-state index contributed by atoms with van der Waals surface area (Å²) < 4.78 is 61.7. The SMILES string of the molecule is CC=C(C)C(=O)OC1C(O)C2(CO)C(OC(C)=O)CC3(C)C(=CCC4C5(C)CCC(OC6OCC(OC7OC(CO)C(O)C(O)C7O)C(O)C6OC6OC(CO)C(O)C(O)C6OC6OC(C)C(O)C(O)C6O)C(C)(C)C5CCC43C)C2CC1(C)C. The van der Waals surface area contributed by atoms with Gasteiger partial charge in [0, 0.05) is 17.9 Å². The maximum absolute atomic E-state index is 13.4. The summed E-state index contributed by atoms with van der Waals surface area (Å²) in [5.41, 5.74) is -2.75. The molecule has 8 fully saturated rings. The average molecular weight is 1220 g/mol. The zero-order chi connectivity index (χ0) is 62.6. The summed E-state index contributed by atoms with van der Waals surface area (Å²) in [6.07, 6.45) is -28.1. The summed E-state index contributed by atoms with van der Waals surface area (Å²) in [7, 11) is 0. The molecule has 4 heterocycles. The van der Waals surface area contributed by atoms with E-state index in [-0.39, 0.29) is 17.3 Å². The minimum Gasteiger partial charge on any atom is -0.462 e. The molecule has 0 aromatic rings. The van der Waals surface area contributed by atoms with E-state index in [1.807, 2.05) is 13.8 Å². The van der Waals surface area contributed by atoms with E-state index in [2.05, 4.69) is 40.7 Å². The van der Waals surface area contributed by atoms with E-state index in [0.717, 1.165) is 12.0 Å². The van der Waals surface area contributed by atoms with Crippen molar-refractivity contribution in [1.29, 1.82) is 0 Å². The van der Waals surface area contributed by atoms with Crippen molar-refractivity contribution >= 4 is 11.9 Å². The minimum atomic E-state index is -1.94. The van der Waals surface area contributed by atoms with Gasteiger partial charge in [-0.15, -0.1) is 0 Å². The first kappa shape index (κ1) is 67.0. The molecule has 0 aromatic heterocycles. The minimum absolute atomic E-state index is 0.0130. The zero-order valence-corrected chi connectivity index (χ0v) is 50.7. The summed E-state index contributed by atoms with van der Waals surface area (Å²) in [5.74, 6) is -1.57. The van der Waals surface area contributed by atoms with Gasteiger partial charge in [-0.2, -0.15) is 0 Å². The van der Waals surface area contributed by atoms with Crippen molar-refractivity contribution in [3.63, 3.8) is 0 Å². The maximum Gasteiger partial charge on any atom is 0.333 e. The van der Waals surface area contributed by atoms with Crippen molar-refractivity contribution in [3.8, 4) is 0 Å². The third kappa shape index (κ3) is 11.1. The number of aliphatic hydroxyl groups excluding tert-OH is 13. The Labute approximate surface area is 496 Å². The van der Waals surface area contributed by atoms with Crippen LogP contribution in [-0.2, 0) is 57.0 Å². The van der Waals surface area contributed by atoms with Gasteiger partial charge >= 0.3 is 11.9 Å². The molecule has 13 N–H and O–H groups in total. The lowest BCUT2D eigenvalue weighted by Crippen LogP contribution is -2.72. The second kappa shape index (κ2) is 24.7. The van der Waals surface area contributed by atoms with Crippen LogP contribution in [0.2, 0.25) is 0 Å². The number of allylic oxidation sites excluding steroid dienone is 3. The van der Waals surface area contributed by atoms with E-state index in [1.165, 1.54) is 13.8 Å². The Morgan fingerprint density at radius 3 is 1.84 bits per heavy atom. The van der Waals surface area contributed by atoms with Crippen LogP contribution in [0.5, 0.6) is 0 Å². The van der Waals surface area contributed by atoms with E-state index < -0.39 is 212 Å². The molecule has 25 heteroatoms. The Morgan fingerprint density at radius 2 is 1.22 bits per heavy atom. The molecule has 0 radical (unpaired) electrons. The van der Waals surface area contributed by atoms with Crippen LogP contribution in [0, 0.1) is 50.2 Å². The van der Waals surface area contributed by atoms with Crippen molar-refractivity contribution < 1.29 is 123 Å². The number of hydrogen-bond donors (Lipinski definition) is 13. The maximum atomic E-state index is 13.4. The van der Waals surface area contributed by atoms with Crippen LogP contribution in [0.3, 0.4) is 0 Å². The van der Waals surface area contributed by atoms with Gasteiger partial charge in [0.25, 0.3) is 0 Å². The van der Waals surface area contributed by atoms with Crippen LogP contribution in [0.4, 0.5) is 0 Å². The highest BCUT2D eigenvalue weighted by atomic mass is 16.8. The summed E-state index contributed by atoms with van der Waals surface area (Å²) in [5, 5.41) is 144. The average Bonchev–Trinajstić information content (AvgIpc) is 0.713. The molecule has 85 heavy (non-hydrogen) atoms. The number of rotatable bonds is 14. The molecule has 0 aromatic carbocycles. The van der Waals surface area contributed by atoms with E-state index >= 15 is 0 Å². The van der Waals surface area contributed by atoms with Crippen molar-refractivity contribution in [2.45, 2.75) is 262 Å². The van der Waals surface area contributed by atoms with Gasteiger partial charge in [-0.25, -0.2) is 4.79 Å². The van der Waals surface area contributed by atoms with Crippen molar-refractivity contribution in [2.75, 3.05) is 26.4 Å². The molecular formula is C60H96O25. The Bertz CT molecular complexity index is 2440. The van der Waals surface area contributed by atoms with Crippen LogP contribution in [0.15, 0.2) is 23.3 Å². The third-order valence-corrected chi connectivity index (χ3v) is 22.7. The Balaban J connectivity index is 1.02. The number of carbonyl (C=O) groups is 2. The fourth-order valence-electron chi connectivity index (χ4n) is 17.4. The van der Waals surface area contributed by atoms with Crippen molar-refractivity contribution in [2.24, 2.45) is 50.2 Å². The summed E-state index contributed by atoms with van der Waals surface area (Å²) in [6.45, 7) is 18.5. The van der Waals surface area contributed by atoms with Crippen LogP contribution in [0.1, 0.15) is 121 Å². The summed E-state index contributed by atoms with van der Waals surface area (Å²) in [4.78, 5) is 26.6. The van der Waals surface area contributed by atoms with Gasteiger partial charge in [-0.3, -0.25) is 4.79 Å². The largest absolute Gasteiger partial charge is 0.462 e. The fourth-order valence-corrected chi connectivity index (χ4v) is 17.4. The molecule has 4 saturated carbocycles. The topological polar surface area (TPSA) is 389 Å². The highest BCUT2D eigenvalue weighted by Crippen LogP contribution is 2.76. The smallest absolute Gasteiger partial charge is 0.333 e. The van der Waals surface area contributed by atoms with Crippen molar-refractivity contribution in [3.05, 3.63) is 23.3 Å². The van der Waals surface area contributed by atoms with Crippen LogP contribution >= 0.6 is 0 Å². The standard InChI is InChI=1S/C60H96O25/c1-12-25(2)50(75)85-49-48(74)60(24-63)29(19-55(49,5)6)28-13-14-34-57(9)17-16-35(56(7,8)33(57)15-18-58(34,10)59(28,11)20-36(60)78-27(4)64)82-53-46(40(68)32(23-76-53)81-52-45(73)42(70)38(66)30(21-61)79-52)84-54-47(43(71)39(67)31(22-62)80-54)83-51-44(72)41(69)37(65)26(3)77-51/h12-13,26,29-49,51-54,61-63,65-74H,14-24H2,1-11H3. The first-order valence-electron chi connectivity index (χ1n) is 30.3. The van der Waals surface area contributed by atoms with Crippen LogP contribution < -0.4 is 0 Å². The lowest BCUT2D eigenvalue weighted by molar-refractivity contribution is -0.398. The molecule has 9 rings (SSSR count). The van der Waals surface area contributed by atoms with Gasteiger partial charge in [0.2, 0.25) is 0 Å². The molecule has 5 aliphatic carbocycles. The number of aliphatic hydroxyl groups is 13. The molecule has 9 aliphatic rings. The Hall–Kier alpha value is -2.42. The third-order valence-electron chi connectivity index (χ3n) is 22.7. The van der Waals surface area contributed by atoms with E-state index in [4.69, 9.17) is 47.4 Å². The second-order valence-electron chi connectivity index (χ2n) is 28.0. The van der Waals surface area contributed by atoms with Gasteiger partial charge < -0.3 is 114 Å². The van der Waals surface area contributed by atoms with Crippen LogP contribution in [-0.4, -0.2) is 246 Å². The van der Waals surface area contributed by atoms with E-state index in [9.17, 15) is 76.0 Å². The number of ether oxygens (including phenoxy) is 10. The molecular weight excluding hydrogens is 1120 g/mol. The molecule has 0 spiro atoms. The first-order chi connectivity index (χ1) is 39.7. The van der Waals surface area contributed by atoms with Gasteiger partial charge in [0.05, 0.1) is 44.1 Å². The quantitative estimate of drug-likeness (QED) is 0.0434. The molecule has 4 aliphatic heterocycles. The molecule has 30 atom stereocenters. The highest BCUT2D eigenvalue weighted by Gasteiger charge is 2.74. The lowest BCUT2D eigenvalue weighted by atomic mass is 9.33. The monoisotopic (exact) mass is 1220 g/mol. The second-order valence-corrected chi connectivity index (χ2v) is 28.0. The number of fused-ring (bicyclic) bond motifs is 7. The van der Waals surface area contributed by atoms with Gasteiger partial charge in [-0.1, -0.05) is 66.2 Å². The Morgan fingerprint density at radius 1 is 0.635 bits per heavy atom. The van der Waals surface area contributed by atoms with E-state index in [0.29, 0.717) is 44.1 Å². The lowest BCUT2D eigenvalue weighted by Gasteiger charge is -2.72. The zero-order valence-electron chi connectivity index (χ0n) is 50.7. The van der Waals surface area contributed by atoms with E-state index in [1.54, 1.807) is 19.9 Å². The molecule has 486 valence electrons. The van der Waals surface area contributed by atoms with Gasteiger partial charge in [0.15, 0.2) is 25.2 Å². The molecule has 25 nitrogen and oxygen atoms in total. The predicted molar refractivity (Wildman–Crippen MR) is 292 cm³/mol. The first-order valence-corrected chi connectivity index (χ1v) is 30.3. The molecule has 4 saturated heterocycles. The summed E-state index contributed by atoms with van der Waals surface area (Å²) >= 11 is 0. The van der Waals surface area contributed by atoms with Gasteiger partial charge in [0.1, 0.15) is 104 Å². The Kier molecular flexibility index (Phi) is 19.4. The van der Waals surface area contributed by atoms with Gasteiger partial charge in [-0.05, 0) is 105 Å². The fraction of sp³-hybridized carbons (Fsp3) is 0.900. The number of esters is 2. The number of carbonyl (C=O) groups excluding carboxylic acids is 2. The normalized spacial score (nSPS) is 51.4. The van der Waals surface area contributed by atoms with Crippen molar-refractivity contribution in [1.82, 2.24) is 0 Å². The number of hydrogen-bond acceptors (Lipinski definition) is 25. The molecule has 0 amide bonds. The van der Waals surface area contributed by atoms with Crippen LogP contribution in [0.25, 0.3) is 0 Å². The molecule has 30 unspecified atom stereocenters. The summed E-state index contributed by atoms with van der Waals surface area (Å²) in [6, 6.07) is 0. The predicted octanol–water partition coefficient (Wildman–Crippen LogP) is -0.895.